The molecule has 63 heavy (non-hydrogen) atoms. The number of nitrogens with two attached hydrogens (primary N) is 1. The monoisotopic (exact) mass is 893 g/mol. The second kappa shape index (κ2) is 18.7. The number of hydrogen-bond acceptors (Lipinski definition) is 14. The molecule has 2 aromatic rings. The van der Waals surface area contributed by atoms with Crippen LogP contribution in [0.2, 0.25) is 0 Å². The highest BCUT2D eigenvalue weighted by molar-refractivity contribution is 7.86. The van der Waals surface area contributed by atoms with Gasteiger partial charge in [0.15, 0.2) is 29.2 Å². The van der Waals surface area contributed by atoms with Gasteiger partial charge in [-0.25, -0.2) is 4.79 Å². The number of likely N-dealkylation sites (tertiary alicyclic amines) is 1. The summed E-state index contributed by atoms with van der Waals surface area (Å²) in [6.07, 6.45) is 3.24. The fraction of sp³-hybridized carbons (Fsp3) is 0.465. The number of carbonyl (C=O) groups excluding carboxylic acids is 5. The van der Waals surface area contributed by atoms with E-state index in [2.05, 4.69) is 13.2 Å². The van der Waals surface area contributed by atoms with E-state index in [1.165, 1.54) is 36.2 Å². The predicted octanol–water partition coefficient (Wildman–Crippen LogP) is 2.99. The molecule has 20 heteroatoms. The lowest BCUT2D eigenvalue weighted by atomic mass is 9.99. The molecule has 3 fully saturated rings. The van der Waals surface area contributed by atoms with Crippen molar-refractivity contribution in [3.8, 4) is 23.0 Å². The molecule has 2 unspecified atom stereocenters. The van der Waals surface area contributed by atoms with E-state index in [4.69, 9.17) is 34.2 Å². The number of methoxy groups -OCH3 is 2. The Bertz CT molecular complexity index is 2330. The van der Waals surface area contributed by atoms with Gasteiger partial charge >= 0.3 is 6.09 Å². The third-order valence-electron chi connectivity index (χ3n) is 11.8. The number of anilines is 1. The number of fused-ring (bicyclic) bond motifs is 2. The van der Waals surface area contributed by atoms with Gasteiger partial charge in [0.1, 0.15) is 11.9 Å². The summed E-state index contributed by atoms with van der Waals surface area (Å²) >= 11 is 0. The highest BCUT2D eigenvalue weighted by atomic mass is 32.2. The molecule has 0 bridgehead atoms. The zero-order valence-corrected chi connectivity index (χ0v) is 35.9. The molecule has 3 saturated heterocycles. The number of nitrogen functional groups attached to an aromatic ring is 1. The van der Waals surface area contributed by atoms with Gasteiger partial charge in [0.05, 0.1) is 64.8 Å². The lowest BCUT2D eigenvalue weighted by Gasteiger charge is -2.33. The molecule has 338 valence electrons. The molecule has 0 radical (unpaired) electrons. The Balaban J connectivity index is 0.918. The quantitative estimate of drug-likeness (QED) is 0.0811. The van der Waals surface area contributed by atoms with Crippen LogP contribution in [0, 0.1) is 0 Å². The van der Waals surface area contributed by atoms with E-state index in [9.17, 15) is 36.9 Å². The largest absolute Gasteiger partial charge is 0.493 e. The van der Waals surface area contributed by atoms with Gasteiger partial charge in [0.25, 0.3) is 33.7 Å². The van der Waals surface area contributed by atoms with Crippen LogP contribution in [-0.2, 0) is 35.6 Å². The van der Waals surface area contributed by atoms with Gasteiger partial charge in [-0.1, -0.05) is 24.3 Å². The fourth-order valence-corrected chi connectivity index (χ4v) is 9.67. The molecule has 0 aromatic heterocycles. The van der Waals surface area contributed by atoms with E-state index in [1.54, 1.807) is 17.0 Å². The molecule has 5 heterocycles. The van der Waals surface area contributed by atoms with Crippen LogP contribution in [0.1, 0.15) is 58.4 Å². The Hall–Kier alpha value is -6.12. The van der Waals surface area contributed by atoms with Gasteiger partial charge in [-0.05, 0) is 62.3 Å². The Kier molecular flexibility index (Phi) is 13.3. The number of benzene rings is 2. The Morgan fingerprint density at radius 3 is 2.13 bits per heavy atom. The molecule has 3 N–H and O–H groups in total. The summed E-state index contributed by atoms with van der Waals surface area (Å²) < 4.78 is 69.6. The number of amides is 5. The third kappa shape index (κ3) is 9.47. The van der Waals surface area contributed by atoms with Crippen LogP contribution in [-0.4, -0.2) is 153 Å². The summed E-state index contributed by atoms with van der Waals surface area (Å²) in [5, 5.41) is -1.21. The number of unbranched alkanes of at least 4 members (excludes halogenated alkanes) is 2. The average Bonchev–Trinajstić information content (AvgIpc) is 4.04. The summed E-state index contributed by atoms with van der Waals surface area (Å²) in [6, 6.07) is 4.87. The van der Waals surface area contributed by atoms with Crippen molar-refractivity contribution >= 4 is 45.5 Å². The summed E-state index contributed by atoms with van der Waals surface area (Å²) in [6.45, 7) is 9.10. The first-order chi connectivity index (χ1) is 30.1. The lowest BCUT2D eigenvalue weighted by molar-refractivity contribution is -0.137. The summed E-state index contributed by atoms with van der Waals surface area (Å²) in [7, 11) is -1.59. The maximum Gasteiger partial charge on any atom is 0.412 e. The minimum absolute atomic E-state index is 0.0774. The second-order valence-corrected chi connectivity index (χ2v) is 17.5. The van der Waals surface area contributed by atoms with Crippen LogP contribution in [0.5, 0.6) is 23.0 Å². The first-order valence-electron chi connectivity index (χ1n) is 20.5. The molecule has 4 atom stereocenters. The summed E-state index contributed by atoms with van der Waals surface area (Å²) in [5.74, 6) is -0.461. The smallest absolute Gasteiger partial charge is 0.412 e. The van der Waals surface area contributed by atoms with Crippen molar-refractivity contribution < 1.29 is 65.4 Å². The first kappa shape index (κ1) is 44.9. The predicted molar refractivity (Wildman–Crippen MR) is 225 cm³/mol. The third-order valence-corrected chi connectivity index (χ3v) is 13.0. The second-order valence-electron chi connectivity index (χ2n) is 15.9. The number of carbonyl (C=O) groups is 5. The van der Waals surface area contributed by atoms with Crippen molar-refractivity contribution in [2.24, 2.45) is 0 Å². The van der Waals surface area contributed by atoms with E-state index < -0.39 is 57.5 Å². The summed E-state index contributed by atoms with van der Waals surface area (Å²) in [4.78, 5) is 69.8. The SMILES string of the molecule is C=C1CC([C@@H]2OCCN2C(=O)OCCN2C(=O)C=CC2=O)N(C(=O)c2cc(OC)c(OCCCCCOc3cc4c(cc3OC)C(=O)N3CC(=C)C[C@H]3C(S(=O)(=O)O)C4)cc2N)C1. The number of rotatable bonds is 16. The molecule has 5 aliphatic heterocycles. The summed E-state index contributed by atoms with van der Waals surface area (Å²) in [5.41, 5.74) is 8.95. The molecular formula is C43H51N5O14S. The normalized spacial score (nSPS) is 22.1. The van der Waals surface area contributed by atoms with E-state index in [0.29, 0.717) is 54.1 Å². The van der Waals surface area contributed by atoms with Gasteiger partial charge in [-0.2, -0.15) is 8.42 Å². The average molecular weight is 894 g/mol. The minimum Gasteiger partial charge on any atom is -0.493 e. The fourth-order valence-electron chi connectivity index (χ4n) is 8.64. The van der Waals surface area contributed by atoms with Crippen molar-refractivity contribution in [1.82, 2.24) is 19.6 Å². The van der Waals surface area contributed by atoms with Crippen molar-refractivity contribution in [1.29, 1.82) is 0 Å². The van der Waals surface area contributed by atoms with Crippen molar-refractivity contribution in [3.05, 3.63) is 77.4 Å². The minimum atomic E-state index is -4.49. The molecule has 19 nitrogen and oxygen atoms in total. The maximum absolute atomic E-state index is 14.1. The standard InChI is InChI=1S/C43H51N5O14S/c1-25-16-31-37(63(54,55)56)19-27-18-35(33(57-3)20-28(27)40(51)47(31)23-25)59-12-6-5-7-13-60-36-22-30(44)29(21-34(36)58-4)41(52)48-24-26(2)17-32(48)42-46(11-14-61-42)43(53)62-15-10-45-38(49)8-9-39(45)50/h8-9,18,20-22,31-32,37,42H,1-2,5-7,10-17,19,23-24,44H2,3-4H3,(H,54,55,56)/t31-,32?,37?,42-/m0/s1. The molecular weight excluding hydrogens is 843 g/mol. The van der Waals surface area contributed by atoms with Gasteiger partial charge in [-0.15, -0.1) is 0 Å². The lowest BCUT2D eigenvalue weighted by Crippen LogP contribution is -2.51. The van der Waals surface area contributed by atoms with Crippen LogP contribution in [0.15, 0.2) is 60.7 Å². The molecule has 0 aliphatic carbocycles. The van der Waals surface area contributed by atoms with E-state index in [0.717, 1.165) is 22.6 Å². The Labute approximate surface area is 364 Å². The van der Waals surface area contributed by atoms with Crippen molar-refractivity contribution in [3.63, 3.8) is 0 Å². The van der Waals surface area contributed by atoms with Gasteiger partial charge in [0, 0.05) is 42.6 Å². The van der Waals surface area contributed by atoms with Gasteiger partial charge in [0.2, 0.25) is 0 Å². The van der Waals surface area contributed by atoms with E-state index in [-0.39, 0.29) is 93.9 Å². The van der Waals surface area contributed by atoms with Crippen molar-refractivity contribution in [2.45, 2.75) is 62.1 Å². The molecule has 2 aromatic carbocycles. The van der Waals surface area contributed by atoms with Crippen LogP contribution in [0.25, 0.3) is 0 Å². The van der Waals surface area contributed by atoms with Crippen LogP contribution in [0.3, 0.4) is 0 Å². The Morgan fingerprint density at radius 2 is 1.46 bits per heavy atom. The van der Waals surface area contributed by atoms with Gasteiger partial charge in [-0.3, -0.25) is 33.5 Å². The molecule has 0 saturated carbocycles. The van der Waals surface area contributed by atoms with Crippen molar-refractivity contribution in [2.75, 3.05) is 72.6 Å². The van der Waals surface area contributed by atoms with Crippen LogP contribution in [0.4, 0.5) is 10.5 Å². The Morgan fingerprint density at radius 1 is 0.825 bits per heavy atom. The molecule has 5 amide bonds. The highest BCUT2D eigenvalue weighted by Gasteiger charge is 2.47. The van der Waals surface area contributed by atoms with Crippen LogP contribution < -0.4 is 24.7 Å². The molecule has 7 rings (SSSR count). The maximum atomic E-state index is 14.1. The molecule has 5 aliphatic rings. The number of hydrogen-bond donors (Lipinski definition) is 2. The topological polar surface area (TPSA) is 234 Å². The highest BCUT2D eigenvalue weighted by Crippen LogP contribution is 2.40. The zero-order chi connectivity index (χ0) is 45.2. The van der Waals surface area contributed by atoms with Crippen LogP contribution >= 0.6 is 0 Å². The number of nitrogens with zero attached hydrogens (tertiary/aromatic N) is 4. The van der Waals surface area contributed by atoms with E-state index in [1.807, 2.05) is 0 Å². The zero-order valence-electron chi connectivity index (χ0n) is 35.1. The first-order valence-corrected chi connectivity index (χ1v) is 22.0. The molecule has 0 spiro atoms. The number of imide groups is 1. The van der Waals surface area contributed by atoms with E-state index >= 15 is 0 Å². The number of ether oxygens (including phenoxy) is 6. The van der Waals surface area contributed by atoms with Gasteiger partial charge < -0.3 is 44.0 Å².